The zero-order valence-corrected chi connectivity index (χ0v) is 16.4. The van der Waals surface area contributed by atoms with Gasteiger partial charge in [-0.2, -0.15) is 0 Å². The molecular weight excluding hydrogens is 374 g/mol. The van der Waals surface area contributed by atoms with Crippen LogP contribution in [0.5, 0.6) is 0 Å². The van der Waals surface area contributed by atoms with Gasteiger partial charge in [-0.1, -0.05) is 17.8 Å². The Labute approximate surface area is 167 Å². The lowest BCUT2D eigenvalue weighted by atomic mass is 10.1. The van der Waals surface area contributed by atoms with Crippen LogP contribution < -0.4 is 9.80 Å². The zero-order chi connectivity index (χ0) is 19.5. The van der Waals surface area contributed by atoms with Gasteiger partial charge < -0.3 is 9.64 Å². The molecule has 0 saturated carbocycles. The normalized spacial score (nSPS) is 12.3. The van der Waals surface area contributed by atoms with Crippen molar-refractivity contribution in [2.75, 3.05) is 23.6 Å². The van der Waals surface area contributed by atoms with E-state index < -0.39 is 0 Å². The largest absolute Gasteiger partial charge is 0.364 e. The molecule has 3 aromatic rings. The average molecular weight is 393 g/mol. The van der Waals surface area contributed by atoms with Crippen molar-refractivity contribution in [1.29, 1.82) is 0 Å². The number of hydrogen-bond donors (Lipinski definition) is 0. The SMILES string of the molecule is COCN1c2cc(CN(C(C)=O)c3cccnc3)ccc2Sc2nccnc21. The van der Waals surface area contributed by atoms with Crippen LogP contribution in [0.25, 0.3) is 0 Å². The smallest absolute Gasteiger partial charge is 0.224 e. The van der Waals surface area contributed by atoms with Gasteiger partial charge in [0.25, 0.3) is 0 Å². The van der Waals surface area contributed by atoms with Crippen molar-refractivity contribution in [1.82, 2.24) is 15.0 Å². The number of nitrogens with zero attached hydrogens (tertiary/aromatic N) is 5. The number of aromatic nitrogens is 3. The van der Waals surface area contributed by atoms with Gasteiger partial charge in [0.05, 0.1) is 24.1 Å². The molecule has 1 aromatic carbocycles. The van der Waals surface area contributed by atoms with Crippen LogP contribution in [0.2, 0.25) is 0 Å². The second-order valence-electron chi connectivity index (χ2n) is 6.25. The minimum Gasteiger partial charge on any atom is -0.364 e. The average Bonchev–Trinajstić information content (AvgIpc) is 2.72. The van der Waals surface area contributed by atoms with Crippen molar-refractivity contribution < 1.29 is 9.53 Å². The first-order chi connectivity index (χ1) is 13.7. The number of carbonyl (C=O) groups excluding carboxylic acids is 1. The summed E-state index contributed by atoms with van der Waals surface area (Å²) in [5.41, 5.74) is 2.77. The summed E-state index contributed by atoms with van der Waals surface area (Å²) < 4.78 is 5.40. The first kappa shape index (κ1) is 18.4. The number of pyridine rings is 1. The van der Waals surface area contributed by atoms with Crippen LogP contribution in [0.15, 0.2) is 65.0 Å². The summed E-state index contributed by atoms with van der Waals surface area (Å²) in [6, 6.07) is 9.86. The maximum absolute atomic E-state index is 12.2. The molecule has 8 heteroatoms. The van der Waals surface area contributed by atoms with Gasteiger partial charge >= 0.3 is 0 Å². The van der Waals surface area contributed by atoms with E-state index in [1.807, 2.05) is 23.1 Å². The van der Waals surface area contributed by atoms with Crippen LogP contribution in [0.1, 0.15) is 12.5 Å². The summed E-state index contributed by atoms with van der Waals surface area (Å²) in [6.45, 7) is 2.37. The zero-order valence-electron chi connectivity index (χ0n) is 15.6. The van der Waals surface area contributed by atoms with E-state index in [1.54, 1.807) is 55.5 Å². The van der Waals surface area contributed by atoms with E-state index >= 15 is 0 Å². The van der Waals surface area contributed by atoms with Gasteiger partial charge in [0, 0.05) is 37.5 Å². The Morgan fingerprint density at radius 1 is 1.21 bits per heavy atom. The Balaban J connectivity index is 1.69. The van der Waals surface area contributed by atoms with E-state index in [0.29, 0.717) is 13.3 Å². The fourth-order valence-corrected chi connectivity index (χ4v) is 4.08. The molecule has 0 fully saturated rings. The Morgan fingerprint density at radius 3 is 2.82 bits per heavy atom. The minimum absolute atomic E-state index is 0.0370. The highest BCUT2D eigenvalue weighted by atomic mass is 32.2. The lowest BCUT2D eigenvalue weighted by Crippen LogP contribution is -2.28. The van der Waals surface area contributed by atoms with Crippen molar-refractivity contribution >= 4 is 34.9 Å². The van der Waals surface area contributed by atoms with Gasteiger partial charge in [0.15, 0.2) is 5.82 Å². The van der Waals surface area contributed by atoms with Crippen LogP contribution in [0.4, 0.5) is 17.2 Å². The van der Waals surface area contributed by atoms with Gasteiger partial charge in [-0.3, -0.25) is 14.7 Å². The van der Waals surface area contributed by atoms with Gasteiger partial charge in [0.2, 0.25) is 5.91 Å². The molecule has 0 bridgehead atoms. The van der Waals surface area contributed by atoms with Crippen LogP contribution in [-0.4, -0.2) is 34.7 Å². The predicted octanol–water partition coefficient (Wildman–Crippen LogP) is 3.63. The Hall–Kier alpha value is -2.97. The lowest BCUT2D eigenvalue weighted by Gasteiger charge is -2.31. The monoisotopic (exact) mass is 393 g/mol. The number of amides is 1. The van der Waals surface area contributed by atoms with Gasteiger partial charge in [-0.15, -0.1) is 0 Å². The first-order valence-corrected chi connectivity index (χ1v) is 9.55. The Morgan fingerprint density at radius 2 is 2.07 bits per heavy atom. The molecular formula is C20H19N5O2S. The number of benzene rings is 1. The van der Waals surface area contributed by atoms with E-state index in [9.17, 15) is 4.79 Å². The number of ether oxygens (including phenoxy) is 1. The molecule has 2 aromatic heterocycles. The highest BCUT2D eigenvalue weighted by Crippen LogP contribution is 2.46. The van der Waals surface area contributed by atoms with Crippen molar-refractivity contribution in [2.24, 2.45) is 0 Å². The van der Waals surface area contributed by atoms with Crippen molar-refractivity contribution in [3.8, 4) is 0 Å². The van der Waals surface area contributed by atoms with E-state index in [2.05, 4.69) is 27.1 Å². The molecule has 1 aliphatic rings. The summed E-state index contributed by atoms with van der Waals surface area (Å²) in [5.74, 6) is 0.736. The third-order valence-corrected chi connectivity index (χ3v) is 5.41. The summed E-state index contributed by atoms with van der Waals surface area (Å²) in [4.78, 5) is 30.0. The molecule has 0 spiro atoms. The van der Waals surface area contributed by atoms with Crippen LogP contribution >= 0.6 is 11.8 Å². The molecule has 28 heavy (non-hydrogen) atoms. The van der Waals surface area contributed by atoms with E-state index in [4.69, 9.17) is 4.74 Å². The number of carbonyl (C=O) groups is 1. The Bertz CT molecular complexity index is 999. The molecule has 4 rings (SSSR count). The summed E-state index contributed by atoms with van der Waals surface area (Å²) in [5, 5.41) is 0.848. The third-order valence-electron chi connectivity index (χ3n) is 4.36. The number of rotatable bonds is 5. The number of hydrogen-bond acceptors (Lipinski definition) is 7. The van der Waals surface area contributed by atoms with Crippen molar-refractivity contribution in [3.63, 3.8) is 0 Å². The molecule has 0 radical (unpaired) electrons. The molecule has 7 nitrogen and oxygen atoms in total. The molecule has 1 amide bonds. The summed E-state index contributed by atoms with van der Waals surface area (Å²) in [6.07, 6.45) is 6.75. The van der Waals surface area contributed by atoms with Crippen LogP contribution in [-0.2, 0) is 16.1 Å². The van der Waals surface area contributed by atoms with Gasteiger partial charge in [0.1, 0.15) is 11.8 Å². The fourth-order valence-electron chi connectivity index (χ4n) is 3.09. The van der Waals surface area contributed by atoms with Crippen molar-refractivity contribution in [2.45, 2.75) is 23.4 Å². The summed E-state index contributed by atoms with van der Waals surface area (Å²) >= 11 is 1.58. The highest BCUT2D eigenvalue weighted by molar-refractivity contribution is 7.99. The molecule has 142 valence electrons. The van der Waals surface area contributed by atoms with Gasteiger partial charge in [-0.25, -0.2) is 9.97 Å². The molecule has 0 unspecified atom stereocenters. The topological polar surface area (TPSA) is 71.5 Å². The molecule has 0 N–H and O–H groups in total. The second-order valence-corrected chi connectivity index (χ2v) is 7.28. The second kappa shape index (κ2) is 7.95. The molecule has 0 aliphatic carbocycles. The standard InChI is InChI=1S/C20H19N5O2S/c1-14(26)24(16-4-3-7-21-11-16)12-15-5-6-18-17(10-15)25(13-27-2)19-20(28-18)23-9-8-22-19/h3-11H,12-13H2,1-2H3. The quantitative estimate of drug-likeness (QED) is 0.655. The third kappa shape index (κ3) is 3.56. The molecule has 0 atom stereocenters. The number of anilines is 3. The predicted molar refractivity (Wildman–Crippen MR) is 108 cm³/mol. The van der Waals surface area contributed by atoms with Crippen LogP contribution in [0, 0.1) is 0 Å². The first-order valence-electron chi connectivity index (χ1n) is 8.74. The maximum atomic E-state index is 12.2. The highest BCUT2D eigenvalue weighted by Gasteiger charge is 2.26. The summed E-state index contributed by atoms with van der Waals surface area (Å²) in [7, 11) is 1.65. The molecule has 1 aliphatic heterocycles. The Kier molecular flexibility index (Phi) is 5.23. The maximum Gasteiger partial charge on any atom is 0.224 e. The van der Waals surface area contributed by atoms with E-state index in [1.165, 1.54) is 0 Å². The molecule has 0 saturated heterocycles. The van der Waals surface area contributed by atoms with E-state index in [-0.39, 0.29) is 5.91 Å². The van der Waals surface area contributed by atoms with Crippen LogP contribution in [0.3, 0.4) is 0 Å². The van der Waals surface area contributed by atoms with E-state index in [0.717, 1.165) is 32.7 Å². The van der Waals surface area contributed by atoms with Crippen molar-refractivity contribution in [3.05, 3.63) is 60.7 Å². The number of fused-ring (bicyclic) bond motifs is 2. The minimum atomic E-state index is -0.0370. The van der Waals surface area contributed by atoms with Gasteiger partial charge in [-0.05, 0) is 29.8 Å². The lowest BCUT2D eigenvalue weighted by molar-refractivity contribution is -0.116. The molecule has 3 heterocycles. The fraction of sp³-hybridized carbons (Fsp3) is 0.200. The number of methoxy groups -OCH3 is 1.